The van der Waals surface area contributed by atoms with E-state index < -0.39 is 0 Å². The quantitative estimate of drug-likeness (QED) is 0.279. The summed E-state index contributed by atoms with van der Waals surface area (Å²) in [5, 5.41) is 7.10. The summed E-state index contributed by atoms with van der Waals surface area (Å²) >= 11 is 0. The number of rotatable bonds is 5. The van der Waals surface area contributed by atoms with Gasteiger partial charge in [0.15, 0.2) is 0 Å². The molecule has 0 heterocycles. The van der Waals surface area contributed by atoms with E-state index in [2.05, 4.69) is 92.7 Å². The van der Waals surface area contributed by atoms with Gasteiger partial charge in [0.05, 0.1) is 0 Å². The second kappa shape index (κ2) is 14.5. The fourth-order valence-electron chi connectivity index (χ4n) is 3.30. The summed E-state index contributed by atoms with van der Waals surface area (Å²) in [5.41, 5.74) is 0. The van der Waals surface area contributed by atoms with Crippen LogP contribution in [0.1, 0.15) is 26.7 Å². The minimum absolute atomic E-state index is 0. The minimum atomic E-state index is 0. The number of halogens is 2. The predicted molar refractivity (Wildman–Crippen MR) is 116 cm³/mol. The van der Waals surface area contributed by atoms with Gasteiger partial charge in [-0.05, 0) is 12.3 Å². The van der Waals surface area contributed by atoms with Crippen LogP contribution in [0, 0.1) is 0 Å². The van der Waals surface area contributed by atoms with Crippen LogP contribution >= 0.6 is 7.92 Å². The van der Waals surface area contributed by atoms with E-state index in [4.69, 9.17) is 0 Å². The Morgan fingerprint density at radius 1 is 0.750 bits per heavy atom. The van der Waals surface area contributed by atoms with Gasteiger partial charge in [-0.25, -0.2) is 0 Å². The van der Waals surface area contributed by atoms with Crippen molar-refractivity contribution in [3.63, 3.8) is 0 Å². The molecule has 0 nitrogen and oxygen atoms in total. The molecule has 4 aromatic rings. The van der Waals surface area contributed by atoms with Gasteiger partial charge >= 0.3 is 26.2 Å². The maximum atomic E-state index is 2.41. The largest absolute Gasteiger partial charge is 4.00 e. The van der Waals surface area contributed by atoms with Gasteiger partial charge in [0.25, 0.3) is 0 Å². The van der Waals surface area contributed by atoms with Crippen LogP contribution in [0.25, 0.3) is 21.5 Å². The van der Waals surface area contributed by atoms with Crippen molar-refractivity contribution in [2.24, 2.45) is 0 Å². The second-order valence-corrected chi connectivity index (χ2v) is 8.97. The van der Waals surface area contributed by atoms with Crippen LogP contribution in [-0.4, -0.2) is 12.3 Å². The van der Waals surface area contributed by atoms with Gasteiger partial charge in [0, 0.05) is 0 Å². The molecule has 0 amide bonds. The Hall–Kier alpha value is -0.447. The zero-order chi connectivity index (χ0) is 17.5. The monoisotopic (exact) mass is 506 g/mol. The molecule has 0 aliphatic carbocycles. The summed E-state index contributed by atoms with van der Waals surface area (Å²) in [6, 6.07) is 28.2. The van der Waals surface area contributed by atoms with Crippen molar-refractivity contribution in [3.8, 4) is 0 Å². The molecule has 4 heteroatoms. The van der Waals surface area contributed by atoms with Crippen LogP contribution in [0.4, 0.5) is 0 Å². The normalized spacial score (nSPS) is 9.82. The summed E-state index contributed by atoms with van der Waals surface area (Å²) < 4.78 is 0. The van der Waals surface area contributed by atoms with Gasteiger partial charge in [0.1, 0.15) is 0 Å². The average molecular weight is 509 g/mol. The first-order valence-electron chi connectivity index (χ1n) is 9.32. The number of fused-ring (bicyclic) bond motifs is 2. The van der Waals surface area contributed by atoms with Gasteiger partial charge < -0.3 is 24.8 Å². The van der Waals surface area contributed by atoms with Crippen molar-refractivity contribution in [3.05, 3.63) is 78.9 Å². The number of benzene rings is 2. The molecule has 0 saturated heterocycles. The van der Waals surface area contributed by atoms with E-state index >= 15 is 0 Å². The summed E-state index contributed by atoms with van der Waals surface area (Å²) in [7, 11) is 0.0972. The molecule has 4 aromatic carbocycles. The Balaban J connectivity index is 0.000000525. The molecular weight excluding hydrogens is 481 g/mol. The standard InChI is InChI=1S/C15H20P.C9H7.2ClH.Zr/c1-3-9-16(10-4-2)15-11-13-7-5-6-8-14(13)12-15;1-2-5-9-7-3-6-8(9)4-1;;;/h5-8,11-12H,3-4,9-10H2,1-2H3;1-7H;2*1H;/q2*-1;;;+4/p-2. The van der Waals surface area contributed by atoms with Gasteiger partial charge in [-0.1, -0.05) is 46.7 Å². The molecule has 0 unspecified atom stereocenters. The Morgan fingerprint density at radius 2 is 1.32 bits per heavy atom. The molecule has 0 spiro atoms. The first kappa shape index (κ1) is 27.6. The number of hydrogen-bond acceptors (Lipinski definition) is 0. The molecule has 0 saturated carbocycles. The molecule has 0 bridgehead atoms. The van der Waals surface area contributed by atoms with E-state index in [9.17, 15) is 0 Å². The topological polar surface area (TPSA) is 0 Å². The van der Waals surface area contributed by atoms with Crippen LogP contribution in [0.2, 0.25) is 0 Å². The first-order valence-corrected chi connectivity index (χ1v) is 11.0. The zero-order valence-electron chi connectivity index (χ0n) is 16.5. The summed E-state index contributed by atoms with van der Waals surface area (Å²) in [6.07, 6.45) is 5.40. The van der Waals surface area contributed by atoms with Gasteiger partial charge in [-0.3, -0.25) is 0 Å². The van der Waals surface area contributed by atoms with Crippen LogP contribution in [0.15, 0.2) is 78.9 Å². The molecule has 0 atom stereocenters. The Bertz CT molecular complexity index is 844. The van der Waals surface area contributed by atoms with Gasteiger partial charge in [0.2, 0.25) is 0 Å². The van der Waals surface area contributed by atoms with Crippen LogP contribution in [-0.2, 0) is 26.2 Å². The molecule has 28 heavy (non-hydrogen) atoms. The van der Waals surface area contributed by atoms with Crippen molar-refractivity contribution < 1.29 is 51.0 Å². The van der Waals surface area contributed by atoms with Crippen molar-refractivity contribution in [1.82, 2.24) is 0 Å². The van der Waals surface area contributed by atoms with E-state index in [1.807, 2.05) is 0 Å². The van der Waals surface area contributed by atoms with Crippen molar-refractivity contribution in [2.75, 3.05) is 12.3 Å². The molecule has 0 radical (unpaired) electrons. The van der Waals surface area contributed by atoms with Crippen molar-refractivity contribution in [1.29, 1.82) is 0 Å². The van der Waals surface area contributed by atoms with E-state index in [0.717, 1.165) is 0 Å². The van der Waals surface area contributed by atoms with Crippen molar-refractivity contribution >= 4 is 34.8 Å². The minimum Gasteiger partial charge on any atom is -1.00 e. The molecule has 0 aromatic heterocycles. The SMILES string of the molecule is CCCP(CCC)c1cc2ccccc2[cH-]1.[Cl-].[Cl-].[Zr+4].c1ccc2[cH-]ccc2c1. The molecule has 0 fully saturated rings. The molecule has 146 valence electrons. The molecule has 0 N–H and O–H groups in total. The van der Waals surface area contributed by atoms with E-state index in [1.165, 1.54) is 46.7 Å². The molecule has 0 aliphatic rings. The Kier molecular flexibility index (Phi) is 14.3. The van der Waals surface area contributed by atoms with Crippen LogP contribution in [0.3, 0.4) is 0 Å². The third kappa shape index (κ3) is 7.42. The van der Waals surface area contributed by atoms with Crippen molar-refractivity contribution in [2.45, 2.75) is 26.7 Å². The molecule has 0 aliphatic heterocycles. The molecular formula is C24H27Cl2PZr. The van der Waals surface area contributed by atoms with Gasteiger partial charge in [-0.15, -0.1) is 70.0 Å². The summed E-state index contributed by atoms with van der Waals surface area (Å²) in [5.74, 6) is 0. The zero-order valence-corrected chi connectivity index (χ0v) is 21.4. The average Bonchev–Trinajstić information content (AvgIpc) is 3.28. The first-order chi connectivity index (χ1) is 12.3. The van der Waals surface area contributed by atoms with E-state index in [1.54, 1.807) is 5.30 Å². The maximum Gasteiger partial charge on any atom is 4.00 e. The van der Waals surface area contributed by atoms with E-state index in [0.29, 0.717) is 0 Å². The van der Waals surface area contributed by atoms with Crippen LogP contribution in [0.5, 0.6) is 0 Å². The second-order valence-electron chi connectivity index (χ2n) is 6.48. The summed E-state index contributed by atoms with van der Waals surface area (Å²) in [4.78, 5) is 0. The van der Waals surface area contributed by atoms with Gasteiger partial charge in [-0.2, -0.15) is 23.6 Å². The van der Waals surface area contributed by atoms with Crippen LogP contribution < -0.4 is 30.1 Å². The predicted octanol–water partition coefficient (Wildman–Crippen LogP) is 1.05. The maximum absolute atomic E-state index is 2.41. The Labute approximate surface area is 202 Å². The fourth-order valence-corrected chi connectivity index (χ4v) is 5.76. The Morgan fingerprint density at radius 3 is 1.89 bits per heavy atom. The molecule has 4 rings (SSSR count). The third-order valence-corrected chi connectivity index (χ3v) is 7.47. The van der Waals surface area contributed by atoms with E-state index in [-0.39, 0.29) is 58.9 Å². The summed E-state index contributed by atoms with van der Waals surface area (Å²) in [6.45, 7) is 4.60. The smallest absolute Gasteiger partial charge is 1.00 e. The third-order valence-electron chi connectivity index (χ3n) is 4.50. The fraction of sp³-hybridized carbons (Fsp3) is 0.250. The number of hydrogen-bond donors (Lipinski definition) is 0.